The molecule has 6 nitrogen and oxygen atoms in total. The second-order valence-electron chi connectivity index (χ2n) is 5.41. The van der Waals surface area contributed by atoms with Gasteiger partial charge in [-0.3, -0.25) is 4.79 Å². The minimum Gasteiger partial charge on any atom is -0.379 e. The Morgan fingerprint density at radius 1 is 1.48 bits per heavy atom. The van der Waals surface area contributed by atoms with Crippen LogP contribution in [0.2, 0.25) is 0 Å². The lowest BCUT2D eigenvalue weighted by atomic mass is 10.2. The standard InChI is InChI=1S/C16H20N4O2S/c1-2-12-10-23-15(20-12)8-18-16(21)11-3-4-14(17-7-11)19-13-5-6-22-9-13/h3-4,7,10,13H,2,5-6,8-9H2,1H3,(H,17,19)(H,18,21)/t13-/m0/s1. The molecule has 2 N–H and O–H groups in total. The molecule has 1 saturated heterocycles. The minimum absolute atomic E-state index is 0.138. The molecule has 122 valence electrons. The highest BCUT2D eigenvalue weighted by molar-refractivity contribution is 7.09. The normalized spacial score (nSPS) is 17.2. The number of carbonyl (C=O) groups excluding carboxylic acids is 1. The molecule has 23 heavy (non-hydrogen) atoms. The van der Waals surface area contributed by atoms with E-state index in [9.17, 15) is 4.79 Å². The highest BCUT2D eigenvalue weighted by atomic mass is 32.1. The Balaban J connectivity index is 1.52. The first-order valence-corrected chi connectivity index (χ1v) is 8.64. The van der Waals surface area contributed by atoms with Gasteiger partial charge >= 0.3 is 0 Å². The number of aryl methyl sites for hydroxylation is 1. The Labute approximate surface area is 139 Å². The molecule has 7 heteroatoms. The fraction of sp³-hybridized carbons (Fsp3) is 0.438. The van der Waals surface area contributed by atoms with Gasteiger partial charge in [-0.1, -0.05) is 6.92 Å². The number of aromatic nitrogens is 2. The monoisotopic (exact) mass is 332 g/mol. The number of nitrogens with zero attached hydrogens (tertiary/aromatic N) is 2. The number of ether oxygens (including phenoxy) is 1. The zero-order valence-corrected chi connectivity index (χ0v) is 13.9. The van der Waals surface area contributed by atoms with E-state index < -0.39 is 0 Å². The second-order valence-corrected chi connectivity index (χ2v) is 6.35. The zero-order valence-electron chi connectivity index (χ0n) is 13.0. The van der Waals surface area contributed by atoms with Crippen molar-refractivity contribution in [2.45, 2.75) is 32.4 Å². The average molecular weight is 332 g/mol. The fourth-order valence-electron chi connectivity index (χ4n) is 2.32. The van der Waals surface area contributed by atoms with Crippen LogP contribution in [-0.4, -0.2) is 35.1 Å². The summed E-state index contributed by atoms with van der Waals surface area (Å²) in [5, 5.41) is 9.11. The number of anilines is 1. The Hall–Kier alpha value is -1.99. The molecule has 0 saturated carbocycles. The van der Waals surface area contributed by atoms with Crippen LogP contribution < -0.4 is 10.6 Å². The van der Waals surface area contributed by atoms with Crippen molar-refractivity contribution in [1.29, 1.82) is 0 Å². The molecule has 3 heterocycles. The molecular formula is C16H20N4O2S. The summed E-state index contributed by atoms with van der Waals surface area (Å²) in [6, 6.07) is 3.91. The SMILES string of the molecule is CCc1csc(CNC(=O)c2ccc(N[C@H]3CCOC3)nc2)n1. The first kappa shape index (κ1) is 15.9. The van der Waals surface area contributed by atoms with Gasteiger partial charge < -0.3 is 15.4 Å². The quantitative estimate of drug-likeness (QED) is 0.848. The van der Waals surface area contributed by atoms with Crippen molar-refractivity contribution in [3.8, 4) is 0 Å². The predicted molar refractivity (Wildman–Crippen MR) is 89.7 cm³/mol. The van der Waals surface area contributed by atoms with Crippen molar-refractivity contribution < 1.29 is 9.53 Å². The van der Waals surface area contributed by atoms with Gasteiger partial charge in [0, 0.05) is 18.2 Å². The van der Waals surface area contributed by atoms with Gasteiger partial charge in [-0.15, -0.1) is 11.3 Å². The maximum absolute atomic E-state index is 12.1. The molecule has 1 atom stereocenters. The van der Waals surface area contributed by atoms with Crippen molar-refractivity contribution >= 4 is 23.1 Å². The van der Waals surface area contributed by atoms with Gasteiger partial charge in [0.25, 0.3) is 5.91 Å². The molecule has 1 aliphatic heterocycles. The number of amides is 1. The molecule has 1 amide bonds. The summed E-state index contributed by atoms with van der Waals surface area (Å²) in [5.41, 5.74) is 1.61. The topological polar surface area (TPSA) is 76.1 Å². The summed E-state index contributed by atoms with van der Waals surface area (Å²) in [7, 11) is 0. The van der Waals surface area contributed by atoms with Crippen LogP contribution in [-0.2, 0) is 17.7 Å². The van der Waals surface area contributed by atoms with Crippen LogP contribution in [0.1, 0.15) is 34.4 Å². The number of carbonyl (C=O) groups is 1. The summed E-state index contributed by atoms with van der Waals surface area (Å²) in [5.74, 6) is 0.631. The van der Waals surface area contributed by atoms with E-state index in [2.05, 4.69) is 27.5 Å². The molecule has 2 aromatic heterocycles. The van der Waals surface area contributed by atoms with Crippen LogP contribution in [0.15, 0.2) is 23.7 Å². The molecule has 0 radical (unpaired) electrons. The van der Waals surface area contributed by atoms with E-state index in [4.69, 9.17) is 4.74 Å². The van der Waals surface area contributed by atoms with E-state index in [0.29, 0.717) is 24.8 Å². The molecule has 0 bridgehead atoms. The number of nitrogens with one attached hydrogen (secondary N) is 2. The molecule has 0 spiro atoms. The van der Waals surface area contributed by atoms with Crippen molar-refractivity contribution in [1.82, 2.24) is 15.3 Å². The van der Waals surface area contributed by atoms with Crippen LogP contribution in [0, 0.1) is 0 Å². The Morgan fingerprint density at radius 3 is 3.04 bits per heavy atom. The largest absolute Gasteiger partial charge is 0.379 e. The van der Waals surface area contributed by atoms with Gasteiger partial charge in [0.2, 0.25) is 0 Å². The lowest BCUT2D eigenvalue weighted by Crippen LogP contribution is -2.23. The van der Waals surface area contributed by atoms with Crippen LogP contribution >= 0.6 is 11.3 Å². The van der Waals surface area contributed by atoms with E-state index in [-0.39, 0.29) is 5.91 Å². The third-order valence-corrected chi connectivity index (χ3v) is 4.57. The molecule has 0 unspecified atom stereocenters. The predicted octanol–water partition coefficient (Wildman–Crippen LogP) is 2.23. The number of hydrogen-bond acceptors (Lipinski definition) is 6. The molecule has 1 aliphatic rings. The molecular weight excluding hydrogens is 312 g/mol. The first-order valence-electron chi connectivity index (χ1n) is 7.76. The maximum Gasteiger partial charge on any atom is 0.253 e. The summed E-state index contributed by atoms with van der Waals surface area (Å²) in [6.45, 7) is 4.01. The van der Waals surface area contributed by atoms with Crippen molar-refractivity contribution in [2.24, 2.45) is 0 Å². The van der Waals surface area contributed by atoms with Gasteiger partial charge in [-0.2, -0.15) is 0 Å². The van der Waals surface area contributed by atoms with Crippen molar-refractivity contribution in [2.75, 3.05) is 18.5 Å². The van der Waals surface area contributed by atoms with Crippen molar-refractivity contribution in [3.63, 3.8) is 0 Å². The van der Waals surface area contributed by atoms with E-state index >= 15 is 0 Å². The van der Waals surface area contributed by atoms with Crippen LogP contribution in [0.25, 0.3) is 0 Å². The highest BCUT2D eigenvalue weighted by Gasteiger charge is 2.15. The minimum atomic E-state index is -0.138. The van der Waals surface area contributed by atoms with Gasteiger partial charge in [-0.25, -0.2) is 9.97 Å². The van der Waals surface area contributed by atoms with Gasteiger partial charge in [-0.05, 0) is 25.0 Å². The third kappa shape index (κ3) is 4.27. The van der Waals surface area contributed by atoms with Crippen LogP contribution in [0.3, 0.4) is 0 Å². The van der Waals surface area contributed by atoms with Gasteiger partial charge in [0.1, 0.15) is 10.8 Å². The molecule has 1 fully saturated rings. The van der Waals surface area contributed by atoms with Crippen LogP contribution in [0.5, 0.6) is 0 Å². The molecule has 0 aliphatic carbocycles. The maximum atomic E-state index is 12.1. The molecule has 0 aromatic carbocycles. The zero-order chi connectivity index (χ0) is 16.1. The van der Waals surface area contributed by atoms with E-state index in [1.165, 1.54) is 0 Å². The Kier molecular flexibility index (Phi) is 5.19. The van der Waals surface area contributed by atoms with E-state index in [1.54, 1.807) is 23.6 Å². The van der Waals surface area contributed by atoms with Crippen LogP contribution in [0.4, 0.5) is 5.82 Å². The number of hydrogen-bond donors (Lipinski definition) is 2. The Bertz CT molecular complexity index is 650. The lowest BCUT2D eigenvalue weighted by molar-refractivity contribution is 0.0950. The molecule has 3 rings (SSSR count). The van der Waals surface area contributed by atoms with Gasteiger partial charge in [0.05, 0.1) is 30.5 Å². The summed E-state index contributed by atoms with van der Waals surface area (Å²) < 4.78 is 5.32. The smallest absolute Gasteiger partial charge is 0.253 e. The van der Waals surface area contributed by atoms with E-state index in [1.807, 2.05) is 11.4 Å². The number of pyridine rings is 1. The van der Waals surface area contributed by atoms with E-state index in [0.717, 1.165) is 36.0 Å². The number of thiazole rings is 1. The fourth-order valence-corrected chi connectivity index (χ4v) is 3.14. The summed E-state index contributed by atoms with van der Waals surface area (Å²) >= 11 is 1.57. The second kappa shape index (κ2) is 7.52. The number of rotatable bonds is 6. The summed E-state index contributed by atoms with van der Waals surface area (Å²) in [4.78, 5) is 20.9. The van der Waals surface area contributed by atoms with Crippen molar-refractivity contribution in [3.05, 3.63) is 40.0 Å². The third-order valence-electron chi connectivity index (χ3n) is 3.67. The lowest BCUT2D eigenvalue weighted by Gasteiger charge is -2.11. The van der Waals surface area contributed by atoms with Gasteiger partial charge in [0.15, 0.2) is 0 Å². The average Bonchev–Trinajstić information content (AvgIpc) is 3.24. The first-order chi connectivity index (χ1) is 11.2. The summed E-state index contributed by atoms with van der Waals surface area (Å²) in [6.07, 6.45) is 3.49. The highest BCUT2D eigenvalue weighted by Crippen LogP contribution is 2.13. The molecule has 2 aromatic rings. The Morgan fingerprint density at radius 2 is 2.39 bits per heavy atom.